The highest BCUT2D eigenvalue weighted by Gasteiger charge is 2.32. The number of nitrogens with zero attached hydrogens (tertiary/aromatic N) is 3. The normalized spacial score (nSPS) is 14.9. The molecular weight excluding hydrogens is 410 g/mol. The molecule has 1 aromatic heterocycles. The van der Waals surface area contributed by atoms with Gasteiger partial charge in [0.2, 0.25) is 0 Å². The van der Waals surface area contributed by atoms with E-state index in [4.69, 9.17) is 14.0 Å². The lowest BCUT2D eigenvalue weighted by Gasteiger charge is -2.36. The van der Waals surface area contributed by atoms with Crippen LogP contribution in [0.5, 0.6) is 11.5 Å². The Morgan fingerprint density at radius 1 is 1.03 bits per heavy atom. The SMILES string of the molecule is COc1ccc(-c2noc(C(C)O)c2C(=O)N2CCN(c3ccccc3)CC2)cc1OC. The maximum Gasteiger partial charge on any atom is 0.259 e. The van der Waals surface area contributed by atoms with Gasteiger partial charge in [-0.05, 0) is 37.3 Å². The predicted molar refractivity (Wildman–Crippen MR) is 120 cm³/mol. The van der Waals surface area contributed by atoms with Crippen LogP contribution in [-0.4, -0.2) is 61.5 Å². The number of methoxy groups -OCH3 is 2. The molecule has 2 aromatic carbocycles. The van der Waals surface area contributed by atoms with E-state index in [1.807, 2.05) is 18.2 Å². The van der Waals surface area contributed by atoms with Crippen LogP contribution in [0.2, 0.25) is 0 Å². The minimum absolute atomic E-state index is 0.158. The molecule has 0 aliphatic carbocycles. The molecule has 1 N–H and O–H groups in total. The number of aromatic nitrogens is 1. The third kappa shape index (κ3) is 4.13. The Balaban J connectivity index is 1.62. The molecule has 4 rings (SSSR count). The van der Waals surface area contributed by atoms with Crippen LogP contribution in [0.3, 0.4) is 0 Å². The first kappa shape index (κ1) is 21.7. The van der Waals surface area contributed by atoms with E-state index in [9.17, 15) is 9.90 Å². The van der Waals surface area contributed by atoms with Crippen molar-refractivity contribution in [1.82, 2.24) is 10.1 Å². The number of para-hydroxylation sites is 1. The topological polar surface area (TPSA) is 88.3 Å². The summed E-state index contributed by atoms with van der Waals surface area (Å²) in [4.78, 5) is 17.6. The van der Waals surface area contributed by atoms with E-state index in [0.717, 1.165) is 18.8 Å². The Kier molecular flexibility index (Phi) is 6.32. The lowest BCUT2D eigenvalue weighted by atomic mass is 10.0. The smallest absolute Gasteiger partial charge is 0.259 e. The molecule has 0 spiro atoms. The third-order valence-corrected chi connectivity index (χ3v) is 5.66. The van der Waals surface area contributed by atoms with Gasteiger partial charge in [0.05, 0.1) is 14.2 Å². The van der Waals surface area contributed by atoms with Gasteiger partial charge in [-0.2, -0.15) is 0 Å². The van der Waals surface area contributed by atoms with Gasteiger partial charge in [-0.3, -0.25) is 4.79 Å². The number of anilines is 1. The van der Waals surface area contributed by atoms with Crippen LogP contribution in [0.1, 0.15) is 29.1 Å². The average Bonchev–Trinajstić information content (AvgIpc) is 3.29. The van der Waals surface area contributed by atoms with Crippen molar-refractivity contribution in [2.75, 3.05) is 45.3 Å². The van der Waals surface area contributed by atoms with Crippen molar-refractivity contribution in [2.45, 2.75) is 13.0 Å². The first-order valence-corrected chi connectivity index (χ1v) is 10.5. The molecule has 1 amide bonds. The van der Waals surface area contributed by atoms with Crippen LogP contribution >= 0.6 is 0 Å². The highest BCUT2D eigenvalue weighted by molar-refractivity contribution is 6.01. The van der Waals surface area contributed by atoms with Crippen molar-refractivity contribution in [3.8, 4) is 22.8 Å². The van der Waals surface area contributed by atoms with Crippen molar-refractivity contribution < 1.29 is 23.9 Å². The zero-order valence-electron chi connectivity index (χ0n) is 18.4. The van der Waals surface area contributed by atoms with Crippen molar-refractivity contribution in [2.24, 2.45) is 0 Å². The standard InChI is InChI=1S/C24H27N3O5/c1-16(28)23-21(22(25-32-23)17-9-10-19(30-2)20(15-17)31-3)24(29)27-13-11-26(12-14-27)18-7-5-4-6-8-18/h4-10,15-16,28H,11-14H2,1-3H3. The lowest BCUT2D eigenvalue weighted by molar-refractivity contribution is 0.0735. The van der Waals surface area contributed by atoms with Crippen LogP contribution in [0.25, 0.3) is 11.3 Å². The van der Waals surface area contributed by atoms with E-state index < -0.39 is 6.10 Å². The van der Waals surface area contributed by atoms with Gasteiger partial charge in [0.15, 0.2) is 17.3 Å². The summed E-state index contributed by atoms with van der Waals surface area (Å²) >= 11 is 0. The fraction of sp³-hybridized carbons (Fsp3) is 0.333. The van der Waals surface area contributed by atoms with Crippen molar-refractivity contribution >= 4 is 11.6 Å². The number of piperazine rings is 1. The first-order valence-electron chi connectivity index (χ1n) is 10.5. The maximum absolute atomic E-state index is 13.5. The Labute approximate surface area is 186 Å². The van der Waals surface area contributed by atoms with Crippen molar-refractivity contribution in [3.63, 3.8) is 0 Å². The van der Waals surface area contributed by atoms with Gasteiger partial charge in [0, 0.05) is 37.4 Å². The largest absolute Gasteiger partial charge is 0.493 e. The number of amides is 1. The van der Waals surface area contributed by atoms with Crippen LogP contribution in [-0.2, 0) is 0 Å². The van der Waals surface area contributed by atoms with E-state index >= 15 is 0 Å². The highest BCUT2D eigenvalue weighted by atomic mass is 16.5. The van der Waals surface area contributed by atoms with E-state index in [2.05, 4.69) is 22.2 Å². The number of carbonyl (C=O) groups excluding carboxylic acids is 1. The van der Waals surface area contributed by atoms with Crippen LogP contribution in [0.15, 0.2) is 53.1 Å². The summed E-state index contributed by atoms with van der Waals surface area (Å²) in [6.07, 6.45) is -0.971. The molecule has 2 heterocycles. The summed E-state index contributed by atoms with van der Waals surface area (Å²) < 4.78 is 16.1. The molecule has 8 heteroatoms. The minimum Gasteiger partial charge on any atom is -0.493 e. The number of hydrogen-bond acceptors (Lipinski definition) is 7. The van der Waals surface area contributed by atoms with Crippen molar-refractivity contribution in [1.29, 1.82) is 0 Å². The van der Waals surface area contributed by atoms with Crippen LogP contribution in [0, 0.1) is 0 Å². The summed E-state index contributed by atoms with van der Waals surface area (Å²) in [7, 11) is 3.10. The summed E-state index contributed by atoms with van der Waals surface area (Å²) in [5.74, 6) is 1.03. The summed E-state index contributed by atoms with van der Waals surface area (Å²) in [6.45, 7) is 4.11. The number of hydrogen-bond donors (Lipinski definition) is 1. The molecule has 0 radical (unpaired) electrons. The molecule has 1 saturated heterocycles. The average molecular weight is 437 g/mol. The molecule has 1 fully saturated rings. The van der Waals surface area contributed by atoms with Gasteiger partial charge in [-0.1, -0.05) is 23.4 Å². The number of carbonyl (C=O) groups is 1. The third-order valence-electron chi connectivity index (χ3n) is 5.66. The fourth-order valence-corrected chi connectivity index (χ4v) is 3.94. The Morgan fingerprint density at radius 3 is 2.34 bits per heavy atom. The molecule has 1 aliphatic rings. The lowest BCUT2D eigenvalue weighted by Crippen LogP contribution is -2.49. The molecule has 168 valence electrons. The fourth-order valence-electron chi connectivity index (χ4n) is 3.94. The van der Waals surface area contributed by atoms with E-state index in [1.54, 1.807) is 44.2 Å². The van der Waals surface area contributed by atoms with E-state index in [-0.39, 0.29) is 17.2 Å². The molecule has 32 heavy (non-hydrogen) atoms. The number of rotatable bonds is 6. The summed E-state index contributed by atoms with van der Waals surface area (Å²) in [5.41, 5.74) is 2.43. The molecule has 1 atom stereocenters. The summed E-state index contributed by atoms with van der Waals surface area (Å²) in [5, 5.41) is 14.4. The van der Waals surface area contributed by atoms with Gasteiger partial charge in [-0.15, -0.1) is 0 Å². The second kappa shape index (κ2) is 9.32. The molecule has 1 unspecified atom stereocenters. The monoisotopic (exact) mass is 437 g/mol. The zero-order valence-corrected chi connectivity index (χ0v) is 18.4. The highest BCUT2D eigenvalue weighted by Crippen LogP contribution is 2.36. The Morgan fingerprint density at radius 2 is 1.72 bits per heavy atom. The molecule has 0 bridgehead atoms. The molecule has 8 nitrogen and oxygen atoms in total. The summed E-state index contributed by atoms with van der Waals surface area (Å²) in [6, 6.07) is 15.4. The van der Waals surface area contributed by atoms with Gasteiger partial charge in [-0.25, -0.2) is 0 Å². The number of aliphatic hydroxyl groups is 1. The predicted octanol–water partition coefficient (Wildman–Crippen LogP) is 3.37. The van der Waals surface area contributed by atoms with E-state index in [0.29, 0.717) is 35.8 Å². The van der Waals surface area contributed by atoms with Gasteiger partial charge >= 0.3 is 0 Å². The maximum atomic E-state index is 13.5. The van der Waals surface area contributed by atoms with Crippen molar-refractivity contribution in [3.05, 3.63) is 59.9 Å². The number of ether oxygens (including phenoxy) is 2. The second-order valence-electron chi connectivity index (χ2n) is 7.63. The molecule has 0 saturated carbocycles. The molecule has 3 aromatic rings. The van der Waals surface area contributed by atoms with E-state index in [1.165, 1.54) is 0 Å². The zero-order chi connectivity index (χ0) is 22.7. The van der Waals surface area contributed by atoms with Gasteiger partial charge in [0.25, 0.3) is 5.91 Å². The first-order chi connectivity index (χ1) is 15.5. The van der Waals surface area contributed by atoms with Gasteiger partial charge in [0.1, 0.15) is 17.4 Å². The van der Waals surface area contributed by atoms with Crippen LogP contribution < -0.4 is 14.4 Å². The number of benzene rings is 2. The Hall–Kier alpha value is -3.52. The molecule has 1 aliphatic heterocycles. The number of aliphatic hydroxyl groups excluding tert-OH is 1. The second-order valence-corrected chi connectivity index (χ2v) is 7.63. The Bertz CT molecular complexity index is 1070. The minimum atomic E-state index is -0.971. The quantitative estimate of drug-likeness (QED) is 0.632. The van der Waals surface area contributed by atoms with Crippen LogP contribution in [0.4, 0.5) is 5.69 Å². The molecular formula is C24H27N3O5. The van der Waals surface area contributed by atoms with Gasteiger partial charge < -0.3 is 28.9 Å².